The van der Waals surface area contributed by atoms with Gasteiger partial charge in [-0.3, -0.25) is 4.79 Å². The number of carboxylic acids is 1. The summed E-state index contributed by atoms with van der Waals surface area (Å²) in [7, 11) is 3.43. The zero-order chi connectivity index (χ0) is 16.3. The smallest absolute Gasteiger partial charge is 0.326 e. The van der Waals surface area contributed by atoms with Gasteiger partial charge in [-0.1, -0.05) is 0 Å². The van der Waals surface area contributed by atoms with E-state index in [1.54, 1.807) is 23.9 Å². The lowest BCUT2D eigenvalue weighted by atomic mass is 9.92. The van der Waals surface area contributed by atoms with Crippen molar-refractivity contribution in [2.75, 3.05) is 33.7 Å². The molecule has 0 aromatic carbocycles. The summed E-state index contributed by atoms with van der Waals surface area (Å²) in [6, 6.07) is -0.713. The number of piperidine rings is 2. The molecule has 2 fully saturated rings. The maximum Gasteiger partial charge on any atom is 0.326 e. The number of amides is 3. The molecule has 0 unspecified atom stereocenters. The molecule has 0 aliphatic carbocycles. The third-order valence-corrected chi connectivity index (χ3v) is 4.57. The van der Waals surface area contributed by atoms with Gasteiger partial charge in [0.25, 0.3) is 0 Å². The first-order chi connectivity index (χ1) is 10.4. The Balaban J connectivity index is 1.94. The summed E-state index contributed by atoms with van der Waals surface area (Å²) < 4.78 is 0. The van der Waals surface area contributed by atoms with Gasteiger partial charge in [0.1, 0.15) is 6.04 Å². The molecule has 0 aromatic rings. The molecule has 7 nitrogen and oxygen atoms in total. The third-order valence-electron chi connectivity index (χ3n) is 4.57. The maximum absolute atomic E-state index is 12.6. The van der Waals surface area contributed by atoms with Gasteiger partial charge in [-0.05, 0) is 32.1 Å². The molecule has 0 aromatic heterocycles. The van der Waals surface area contributed by atoms with Crippen molar-refractivity contribution in [1.82, 2.24) is 14.7 Å². The third kappa shape index (κ3) is 3.51. The average molecular weight is 311 g/mol. The van der Waals surface area contributed by atoms with E-state index in [9.17, 15) is 19.5 Å². The second-order valence-electron chi connectivity index (χ2n) is 6.32. The highest BCUT2D eigenvalue weighted by Gasteiger charge is 2.37. The Kier molecular flexibility index (Phi) is 5.26. The van der Waals surface area contributed by atoms with Crippen LogP contribution in [-0.2, 0) is 9.59 Å². The molecule has 2 rings (SSSR count). The molecular formula is C15H25N3O4. The Morgan fingerprint density at radius 1 is 1.00 bits per heavy atom. The minimum atomic E-state index is -0.909. The molecule has 2 aliphatic rings. The Bertz CT molecular complexity index is 444. The van der Waals surface area contributed by atoms with Crippen LogP contribution in [0.2, 0.25) is 0 Å². The number of carbonyl (C=O) groups is 3. The molecular weight excluding hydrogens is 286 g/mol. The molecule has 0 saturated carbocycles. The van der Waals surface area contributed by atoms with Gasteiger partial charge in [0, 0.05) is 39.6 Å². The van der Waals surface area contributed by atoms with Gasteiger partial charge in [0.05, 0.1) is 0 Å². The molecule has 2 heterocycles. The van der Waals surface area contributed by atoms with Crippen molar-refractivity contribution in [2.24, 2.45) is 5.92 Å². The van der Waals surface area contributed by atoms with Crippen LogP contribution >= 0.6 is 0 Å². The number of likely N-dealkylation sites (tertiary alicyclic amines) is 2. The second kappa shape index (κ2) is 6.98. The fraction of sp³-hybridized carbons (Fsp3) is 0.800. The van der Waals surface area contributed by atoms with Crippen molar-refractivity contribution in [2.45, 2.75) is 38.1 Å². The van der Waals surface area contributed by atoms with E-state index < -0.39 is 12.0 Å². The number of aliphatic carboxylic acids is 1. The van der Waals surface area contributed by atoms with Crippen molar-refractivity contribution in [3.63, 3.8) is 0 Å². The van der Waals surface area contributed by atoms with E-state index in [-0.39, 0.29) is 17.9 Å². The largest absolute Gasteiger partial charge is 0.480 e. The van der Waals surface area contributed by atoms with Crippen LogP contribution in [0.4, 0.5) is 4.79 Å². The zero-order valence-corrected chi connectivity index (χ0v) is 13.3. The standard InChI is InChI=1S/C15H25N3O4/c1-16(2)15(22)17-9-6-11(7-10-17)13(19)18-8-4-3-5-12(18)14(20)21/h11-12H,3-10H2,1-2H3,(H,20,21)/t12-/m1/s1. The topological polar surface area (TPSA) is 81.2 Å². The summed E-state index contributed by atoms with van der Waals surface area (Å²) in [5.74, 6) is -1.12. The van der Waals surface area contributed by atoms with E-state index in [2.05, 4.69) is 0 Å². The average Bonchev–Trinajstić information content (AvgIpc) is 2.53. The highest BCUT2D eigenvalue weighted by molar-refractivity contribution is 5.85. The minimum absolute atomic E-state index is 0.0349. The molecule has 124 valence electrons. The van der Waals surface area contributed by atoms with Crippen LogP contribution in [0.1, 0.15) is 32.1 Å². The SMILES string of the molecule is CN(C)C(=O)N1CCC(C(=O)N2CCCC[C@@H]2C(=O)O)CC1. The lowest BCUT2D eigenvalue weighted by Crippen LogP contribution is -2.52. The molecule has 0 radical (unpaired) electrons. The molecule has 2 saturated heterocycles. The first-order valence-electron chi connectivity index (χ1n) is 7.91. The van der Waals surface area contributed by atoms with Crippen molar-refractivity contribution >= 4 is 17.9 Å². The summed E-state index contributed by atoms with van der Waals surface area (Å²) in [6.07, 6.45) is 3.49. The summed E-state index contributed by atoms with van der Waals surface area (Å²) in [5, 5.41) is 9.28. The molecule has 0 spiro atoms. The van der Waals surface area contributed by atoms with Crippen LogP contribution < -0.4 is 0 Å². The number of carbonyl (C=O) groups excluding carboxylic acids is 2. The van der Waals surface area contributed by atoms with Crippen LogP contribution in [0.5, 0.6) is 0 Å². The maximum atomic E-state index is 12.6. The van der Waals surface area contributed by atoms with E-state index in [0.717, 1.165) is 12.8 Å². The van der Waals surface area contributed by atoms with Crippen LogP contribution in [0.15, 0.2) is 0 Å². The monoisotopic (exact) mass is 311 g/mol. The van der Waals surface area contributed by atoms with Crippen molar-refractivity contribution in [3.8, 4) is 0 Å². The van der Waals surface area contributed by atoms with E-state index in [1.807, 2.05) is 0 Å². The number of hydrogen-bond donors (Lipinski definition) is 1. The van der Waals surface area contributed by atoms with Gasteiger partial charge in [-0.25, -0.2) is 9.59 Å². The fourth-order valence-electron chi connectivity index (χ4n) is 3.29. The Hall–Kier alpha value is -1.79. The van der Waals surface area contributed by atoms with Gasteiger partial charge in [0.15, 0.2) is 0 Å². The van der Waals surface area contributed by atoms with Gasteiger partial charge >= 0.3 is 12.0 Å². The van der Waals surface area contributed by atoms with Gasteiger partial charge < -0.3 is 19.8 Å². The molecule has 1 N–H and O–H groups in total. The van der Waals surface area contributed by atoms with Crippen molar-refractivity contribution in [3.05, 3.63) is 0 Å². The normalized spacial score (nSPS) is 23.3. The Labute approximate surface area is 130 Å². The Morgan fingerprint density at radius 3 is 2.18 bits per heavy atom. The van der Waals surface area contributed by atoms with Gasteiger partial charge in [-0.2, -0.15) is 0 Å². The molecule has 2 aliphatic heterocycles. The summed E-state index contributed by atoms with van der Waals surface area (Å²) >= 11 is 0. The summed E-state index contributed by atoms with van der Waals surface area (Å²) in [5.41, 5.74) is 0. The van der Waals surface area contributed by atoms with E-state index in [4.69, 9.17) is 0 Å². The van der Waals surface area contributed by atoms with Crippen molar-refractivity contribution < 1.29 is 19.5 Å². The van der Waals surface area contributed by atoms with Crippen molar-refractivity contribution in [1.29, 1.82) is 0 Å². The zero-order valence-electron chi connectivity index (χ0n) is 13.3. The second-order valence-corrected chi connectivity index (χ2v) is 6.32. The van der Waals surface area contributed by atoms with Crippen LogP contribution in [-0.4, -0.2) is 77.5 Å². The number of hydrogen-bond acceptors (Lipinski definition) is 3. The van der Waals surface area contributed by atoms with Crippen LogP contribution in [0.3, 0.4) is 0 Å². The first kappa shape index (κ1) is 16.6. The lowest BCUT2D eigenvalue weighted by Gasteiger charge is -2.38. The summed E-state index contributed by atoms with van der Waals surface area (Å²) in [4.78, 5) is 40.7. The van der Waals surface area contributed by atoms with Gasteiger partial charge in [-0.15, -0.1) is 0 Å². The lowest BCUT2D eigenvalue weighted by molar-refractivity contribution is -0.154. The van der Waals surface area contributed by atoms with Crippen LogP contribution in [0, 0.1) is 5.92 Å². The van der Waals surface area contributed by atoms with E-state index >= 15 is 0 Å². The number of nitrogens with zero attached hydrogens (tertiary/aromatic N) is 3. The number of carboxylic acid groups (broad SMARTS) is 1. The van der Waals surface area contributed by atoms with E-state index in [0.29, 0.717) is 38.9 Å². The minimum Gasteiger partial charge on any atom is -0.480 e. The molecule has 0 bridgehead atoms. The molecule has 3 amide bonds. The molecule has 7 heteroatoms. The predicted octanol–water partition coefficient (Wildman–Crippen LogP) is 0.846. The molecule has 1 atom stereocenters. The predicted molar refractivity (Wildman–Crippen MR) is 80.4 cm³/mol. The molecule has 22 heavy (non-hydrogen) atoms. The quantitative estimate of drug-likeness (QED) is 0.819. The summed E-state index contributed by atoms with van der Waals surface area (Å²) in [6.45, 7) is 1.64. The highest BCUT2D eigenvalue weighted by Crippen LogP contribution is 2.25. The Morgan fingerprint density at radius 2 is 1.64 bits per heavy atom. The van der Waals surface area contributed by atoms with Gasteiger partial charge in [0.2, 0.25) is 5.91 Å². The van der Waals surface area contributed by atoms with Crippen LogP contribution in [0.25, 0.3) is 0 Å². The number of rotatable bonds is 2. The van der Waals surface area contributed by atoms with E-state index in [1.165, 1.54) is 4.90 Å². The first-order valence-corrected chi connectivity index (χ1v) is 7.91. The number of urea groups is 1. The fourth-order valence-corrected chi connectivity index (χ4v) is 3.29. The highest BCUT2D eigenvalue weighted by atomic mass is 16.4.